The van der Waals surface area contributed by atoms with Crippen molar-refractivity contribution in [3.63, 3.8) is 0 Å². The number of pyridine rings is 1. The number of hydrogen-bond donors (Lipinski definition) is 0. The Morgan fingerprint density at radius 2 is 1.41 bits per heavy atom. The molecule has 299 valence electrons. The molecule has 0 spiro atoms. The van der Waals surface area contributed by atoms with E-state index in [-0.39, 0.29) is 20.1 Å². The third-order valence-electron chi connectivity index (χ3n) is 11.0. The molecular formula is C53H51IrN3OSi-2. The Labute approximate surface area is 363 Å². The number of furan rings is 1. The molecule has 3 heterocycles. The minimum atomic E-state index is -1.23. The van der Waals surface area contributed by atoms with E-state index in [0.717, 1.165) is 61.2 Å². The Bertz CT molecular complexity index is 2860. The van der Waals surface area contributed by atoms with Crippen LogP contribution in [0.4, 0.5) is 0 Å². The second-order valence-corrected chi connectivity index (χ2v) is 22.1. The van der Waals surface area contributed by atoms with Crippen LogP contribution in [-0.4, -0.2) is 22.6 Å². The van der Waals surface area contributed by atoms with Crippen molar-refractivity contribution in [1.29, 1.82) is 0 Å². The number of fused-ring (bicyclic) bond motifs is 4. The number of imidazole rings is 1. The molecule has 9 rings (SSSR count). The molecule has 0 bridgehead atoms. The molecule has 6 aromatic carbocycles. The normalized spacial score (nSPS) is 11.6. The third-order valence-corrected chi connectivity index (χ3v) is 13.1. The van der Waals surface area contributed by atoms with Crippen molar-refractivity contribution < 1.29 is 24.5 Å². The monoisotopic (exact) mass is 966 g/mol. The summed E-state index contributed by atoms with van der Waals surface area (Å²) in [6, 6.07) is 51.5. The maximum absolute atomic E-state index is 6.63. The molecule has 0 aliphatic carbocycles. The van der Waals surface area contributed by atoms with Gasteiger partial charge in [-0.1, -0.05) is 132 Å². The minimum absolute atomic E-state index is 0. The van der Waals surface area contributed by atoms with Gasteiger partial charge in [0.1, 0.15) is 5.58 Å². The SMILES string of the molecule is C[Si](C)(C)c1ccc(-c2[c-]cccc2)nc1.Cc1ccc2c(c1)oc1c(-c3nc4ccccc4n3-c3c(C(C)C)cc(-c4ccccc4)cc3C(C)C)[c-]cc(C)c12.[Ir]. The minimum Gasteiger partial charge on any atom is -0.501 e. The zero-order valence-corrected chi connectivity index (χ0v) is 38.8. The van der Waals surface area contributed by atoms with E-state index in [0.29, 0.717) is 11.8 Å². The van der Waals surface area contributed by atoms with Gasteiger partial charge in [-0.2, -0.15) is 0 Å². The largest absolute Gasteiger partial charge is 0.501 e. The van der Waals surface area contributed by atoms with E-state index in [2.05, 4.69) is 186 Å². The molecule has 9 aromatic rings. The molecule has 0 fully saturated rings. The van der Waals surface area contributed by atoms with Crippen LogP contribution >= 0.6 is 0 Å². The second-order valence-electron chi connectivity index (χ2n) is 17.0. The van der Waals surface area contributed by atoms with Gasteiger partial charge in [0.2, 0.25) is 0 Å². The number of benzene rings is 6. The van der Waals surface area contributed by atoms with E-state index in [1.165, 1.54) is 38.7 Å². The van der Waals surface area contributed by atoms with Crippen LogP contribution in [0.5, 0.6) is 0 Å². The Morgan fingerprint density at radius 3 is 2.05 bits per heavy atom. The Hall–Kier alpha value is -5.39. The number of para-hydroxylation sites is 2. The van der Waals surface area contributed by atoms with Crippen LogP contribution in [0.2, 0.25) is 19.6 Å². The quantitative estimate of drug-likeness (QED) is 0.118. The van der Waals surface area contributed by atoms with Crippen LogP contribution < -0.4 is 5.19 Å². The van der Waals surface area contributed by atoms with Crippen molar-refractivity contribution in [2.45, 2.75) is 73.0 Å². The van der Waals surface area contributed by atoms with Crippen molar-refractivity contribution in [2.75, 3.05) is 0 Å². The van der Waals surface area contributed by atoms with Crippen molar-refractivity contribution in [1.82, 2.24) is 14.5 Å². The molecule has 0 saturated heterocycles. The molecule has 6 heteroatoms. The van der Waals surface area contributed by atoms with Crippen molar-refractivity contribution in [2.24, 2.45) is 0 Å². The van der Waals surface area contributed by atoms with Gasteiger partial charge in [0.05, 0.1) is 30.5 Å². The predicted molar refractivity (Wildman–Crippen MR) is 247 cm³/mol. The standard InChI is InChI=1S/C39H35N2O.C14H16NSi.Ir/c1-23(2)31-21-28(27-12-8-7-9-13-27)22-32(24(3)4)37(31)41-34-15-11-10-14-33(34)40-39(41)30-19-17-26(6)36-29-18-16-25(5)20-35(29)42-38(30)36;1-16(2,3)13-9-10-14(15-11-13)12-7-5-4-6-8-12;/h7-18,20-24H,1-6H3;4-7,9-11H,1-3H3;/q2*-1;. The molecule has 0 unspecified atom stereocenters. The first kappa shape index (κ1) is 41.8. The second kappa shape index (κ2) is 17.1. The van der Waals surface area contributed by atoms with E-state index < -0.39 is 8.07 Å². The summed E-state index contributed by atoms with van der Waals surface area (Å²) < 4.78 is 9.00. The van der Waals surface area contributed by atoms with Gasteiger partial charge < -0.3 is 14.0 Å². The molecule has 0 atom stereocenters. The van der Waals surface area contributed by atoms with Gasteiger partial charge in [-0.05, 0) is 87.8 Å². The fourth-order valence-electron chi connectivity index (χ4n) is 7.84. The van der Waals surface area contributed by atoms with Crippen LogP contribution in [0.25, 0.3) is 72.4 Å². The number of rotatable bonds is 7. The van der Waals surface area contributed by atoms with Crippen molar-refractivity contribution in [3.05, 3.63) is 168 Å². The number of hydrogen-bond acceptors (Lipinski definition) is 3. The summed E-state index contributed by atoms with van der Waals surface area (Å²) in [7, 11) is -1.23. The van der Waals surface area contributed by atoms with Crippen molar-refractivity contribution >= 4 is 46.2 Å². The van der Waals surface area contributed by atoms with Crippen LogP contribution in [0.1, 0.15) is 61.8 Å². The van der Waals surface area contributed by atoms with Gasteiger partial charge in [-0.15, -0.1) is 53.6 Å². The van der Waals surface area contributed by atoms with E-state index in [1.807, 2.05) is 30.5 Å². The van der Waals surface area contributed by atoms with Crippen LogP contribution in [0.3, 0.4) is 0 Å². The van der Waals surface area contributed by atoms with E-state index in [9.17, 15) is 0 Å². The van der Waals surface area contributed by atoms with Gasteiger partial charge in [-0.25, -0.2) is 0 Å². The van der Waals surface area contributed by atoms with E-state index >= 15 is 0 Å². The smallest absolute Gasteiger partial charge is 0.121 e. The summed E-state index contributed by atoms with van der Waals surface area (Å²) >= 11 is 0. The number of aryl methyl sites for hydroxylation is 2. The molecule has 0 N–H and O–H groups in total. The van der Waals surface area contributed by atoms with Crippen molar-refractivity contribution in [3.8, 4) is 39.5 Å². The number of nitrogens with zero attached hydrogens (tertiary/aromatic N) is 3. The van der Waals surface area contributed by atoms with Crippen LogP contribution in [-0.2, 0) is 20.1 Å². The van der Waals surface area contributed by atoms with Crippen LogP contribution in [0, 0.1) is 26.0 Å². The summed E-state index contributed by atoms with van der Waals surface area (Å²) in [5.74, 6) is 1.45. The third kappa shape index (κ3) is 8.27. The summed E-state index contributed by atoms with van der Waals surface area (Å²) in [6.45, 7) is 20.4. The van der Waals surface area contributed by atoms with Gasteiger partial charge in [-0.3, -0.25) is 4.98 Å². The molecule has 0 amide bonds. The zero-order valence-electron chi connectivity index (χ0n) is 35.4. The first-order valence-corrected chi connectivity index (χ1v) is 23.9. The van der Waals surface area contributed by atoms with Gasteiger partial charge in [0, 0.05) is 37.4 Å². The molecule has 0 aliphatic rings. The average Bonchev–Trinajstić information content (AvgIpc) is 3.80. The Morgan fingerprint density at radius 1 is 0.712 bits per heavy atom. The molecule has 4 nitrogen and oxygen atoms in total. The van der Waals surface area contributed by atoms with Gasteiger partial charge >= 0.3 is 0 Å². The summed E-state index contributed by atoms with van der Waals surface area (Å²) in [6.07, 6.45) is 2.02. The van der Waals surface area contributed by atoms with E-state index in [1.54, 1.807) is 0 Å². The summed E-state index contributed by atoms with van der Waals surface area (Å²) in [5.41, 5.74) is 15.3. The summed E-state index contributed by atoms with van der Waals surface area (Å²) in [4.78, 5) is 9.80. The predicted octanol–water partition coefficient (Wildman–Crippen LogP) is 14.0. The fraction of sp³-hybridized carbons (Fsp3) is 0.208. The maximum atomic E-state index is 6.63. The number of aromatic nitrogens is 3. The Kier molecular flexibility index (Phi) is 12.1. The first-order valence-electron chi connectivity index (χ1n) is 20.4. The Balaban J connectivity index is 0.000000262. The molecule has 1 radical (unpaired) electrons. The molecule has 0 saturated carbocycles. The summed E-state index contributed by atoms with van der Waals surface area (Å²) in [5, 5.41) is 3.65. The molecule has 3 aromatic heterocycles. The zero-order chi connectivity index (χ0) is 40.7. The fourth-order valence-corrected chi connectivity index (χ4v) is 8.88. The van der Waals surface area contributed by atoms with Gasteiger partial charge in [0.15, 0.2) is 0 Å². The molecule has 0 aliphatic heterocycles. The van der Waals surface area contributed by atoms with Crippen LogP contribution in [0.15, 0.2) is 138 Å². The van der Waals surface area contributed by atoms with E-state index in [4.69, 9.17) is 9.40 Å². The first-order chi connectivity index (χ1) is 27.9. The topological polar surface area (TPSA) is 43.9 Å². The van der Waals surface area contributed by atoms with Gasteiger partial charge in [0.25, 0.3) is 0 Å². The molecular weight excluding hydrogens is 915 g/mol. The average molecular weight is 966 g/mol. The molecule has 59 heavy (non-hydrogen) atoms. The maximum Gasteiger partial charge on any atom is 0.121 e.